The van der Waals surface area contributed by atoms with Gasteiger partial charge in [-0.3, -0.25) is 4.72 Å². The van der Waals surface area contributed by atoms with E-state index in [0.29, 0.717) is 5.70 Å². The summed E-state index contributed by atoms with van der Waals surface area (Å²) in [7, 11) is -2.10. The molecule has 24 heavy (non-hydrogen) atoms. The Kier molecular flexibility index (Phi) is 3.97. The lowest BCUT2D eigenvalue weighted by molar-refractivity contribution is 0.383. The van der Waals surface area contributed by atoms with Crippen LogP contribution in [0.1, 0.15) is 5.89 Å². The molecule has 0 radical (unpaired) electrons. The molecule has 0 saturated heterocycles. The summed E-state index contributed by atoms with van der Waals surface area (Å²) in [6.45, 7) is 0. The molecule has 1 aromatic carbocycles. The summed E-state index contributed by atoms with van der Waals surface area (Å²) >= 11 is 0. The molecule has 1 aliphatic heterocycles. The summed E-state index contributed by atoms with van der Waals surface area (Å²) in [5, 5.41) is 4.81. The van der Waals surface area contributed by atoms with E-state index >= 15 is 0 Å². The zero-order valence-corrected chi connectivity index (χ0v) is 13.3. The first-order valence-electron chi connectivity index (χ1n) is 6.74. The lowest BCUT2D eigenvalue weighted by Crippen LogP contribution is -2.24. The Labute approximate surface area is 136 Å². The molecule has 0 fully saturated rings. The highest BCUT2D eigenvalue weighted by atomic mass is 32.2. The number of methoxy groups -OCH3 is 1. The summed E-state index contributed by atoms with van der Waals surface area (Å²) in [6.07, 6.45) is 3.05. The fourth-order valence-electron chi connectivity index (χ4n) is 2.21. The van der Waals surface area contributed by atoms with Crippen molar-refractivity contribution in [2.75, 3.05) is 12.8 Å². The molecule has 2 aromatic rings. The van der Waals surface area contributed by atoms with Gasteiger partial charge in [-0.1, -0.05) is 5.16 Å². The van der Waals surface area contributed by atoms with Crippen molar-refractivity contribution in [2.45, 2.75) is 6.42 Å². The lowest BCUT2D eigenvalue weighted by atomic mass is 10.1. The number of rotatable bonds is 4. The number of allylic oxidation sites excluding steroid dienone is 3. The summed E-state index contributed by atoms with van der Waals surface area (Å²) in [5.41, 5.74) is 6.43. The molecule has 1 aliphatic rings. The Morgan fingerprint density at radius 2 is 2.21 bits per heavy atom. The van der Waals surface area contributed by atoms with E-state index in [1.165, 1.54) is 19.3 Å². The zero-order valence-electron chi connectivity index (χ0n) is 12.5. The maximum absolute atomic E-state index is 13.6. The molecule has 3 rings (SSSR count). The van der Waals surface area contributed by atoms with Crippen molar-refractivity contribution < 1.29 is 22.1 Å². The van der Waals surface area contributed by atoms with E-state index in [9.17, 15) is 12.8 Å². The number of hydrogen-bond donors (Lipinski definition) is 2. The maximum atomic E-state index is 13.6. The molecule has 8 nitrogen and oxygen atoms in total. The van der Waals surface area contributed by atoms with E-state index in [-0.39, 0.29) is 35.1 Å². The maximum Gasteiger partial charge on any atom is 0.254 e. The van der Waals surface area contributed by atoms with Crippen LogP contribution in [-0.4, -0.2) is 25.7 Å². The fourth-order valence-corrected chi connectivity index (χ4v) is 3.07. The van der Waals surface area contributed by atoms with Gasteiger partial charge >= 0.3 is 0 Å². The smallest absolute Gasteiger partial charge is 0.254 e. The molecule has 0 bridgehead atoms. The second-order valence-corrected chi connectivity index (χ2v) is 6.50. The molecule has 0 aliphatic carbocycles. The SMILES string of the molecule is COc1c(N)cc(F)cc1-c1noc(CC2=CC=CS(=O)(=O)N2)n1. The van der Waals surface area contributed by atoms with Gasteiger partial charge in [0.25, 0.3) is 10.0 Å². The van der Waals surface area contributed by atoms with Crippen molar-refractivity contribution in [1.82, 2.24) is 14.9 Å². The van der Waals surface area contributed by atoms with Gasteiger partial charge in [0.05, 0.1) is 30.2 Å². The Hall–Kier alpha value is -2.88. The van der Waals surface area contributed by atoms with Crippen LogP contribution in [0.3, 0.4) is 0 Å². The predicted molar refractivity (Wildman–Crippen MR) is 83.6 cm³/mol. The molecule has 0 saturated carbocycles. The first-order chi connectivity index (χ1) is 11.4. The molecule has 126 valence electrons. The number of aromatic nitrogens is 2. The number of benzene rings is 1. The van der Waals surface area contributed by atoms with Gasteiger partial charge in [0.1, 0.15) is 5.82 Å². The van der Waals surface area contributed by atoms with Crippen LogP contribution in [0.5, 0.6) is 5.75 Å². The van der Waals surface area contributed by atoms with E-state index in [2.05, 4.69) is 14.9 Å². The Morgan fingerprint density at radius 1 is 1.42 bits per heavy atom. The zero-order chi connectivity index (χ0) is 17.3. The minimum atomic E-state index is -3.49. The third kappa shape index (κ3) is 3.23. The van der Waals surface area contributed by atoms with E-state index in [1.807, 2.05) is 0 Å². The van der Waals surface area contributed by atoms with Gasteiger partial charge in [-0.15, -0.1) is 0 Å². The highest BCUT2D eigenvalue weighted by Gasteiger charge is 2.19. The normalized spacial score (nSPS) is 15.7. The van der Waals surface area contributed by atoms with Crippen molar-refractivity contribution >= 4 is 15.7 Å². The number of sulfonamides is 1. The number of nitrogen functional groups attached to an aromatic ring is 1. The van der Waals surface area contributed by atoms with E-state index in [4.69, 9.17) is 15.0 Å². The van der Waals surface area contributed by atoms with Crippen molar-refractivity contribution in [3.63, 3.8) is 0 Å². The molecular weight excluding hydrogens is 339 g/mol. The summed E-state index contributed by atoms with van der Waals surface area (Å²) in [5.74, 6) is -0.103. The Balaban J connectivity index is 1.90. The van der Waals surface area contributed by atoms with Crippen LogP contribution in [0.2, 0.25) is 0 Å². The van der Waals surface area contributed by atoms with Gasteiger partial charge in [0, 0.05) is 11.8 Å². The van der Waals surface area contributed by atoms with Gasteiger partial charge < -0.3 is 15.0 Å². The average Bonchev–Trinajstić information content (AvgIpc) is 2.94. The Morgan fingerprint density at radius 3 is 2.92 bits per heavy atom. The third-order valence-electron chi connectivity index (χ3n) is 3.17. The monoisotopic (exact) mass is 352 g/mol. The number of nitrogens with one attached hydrogen (secondary N) is 1. The minimum absolute atomic E-state index is 0.0731. The summed E-state index contributed by atoms with van der Waals surface area (Å²) in [6, 6.07) is 2.30. The Bertz CT molecular complexity index is 950. The van der Waals surface area contributed by atoms with Crippen LogP contribution < -0.4 is 15.2 Å². The standard InChI is InChI=1S/C14H13FN4O4S/c1-22-13-10(5-8(15)6-11(13)16)14-17-12(23-18-14)7-9-3-2-4-24(20,21)19-9/h2-6,19H,7,16H2,1H3. The quantitative estimate of drug-likeness (QED) is 0.797. The minimum Gasteiger partial charge on any atom is -0.494 e. The van der Waals surface area contributed by atoms with Crippen molar-refractivity contribution in [3.8, 4) is 17.1 Å². The number of anilines is 1. The second kappa shape index (κ2) is 5.96. The molecule has 0 unspecified atom stereocenters. The van der Waals surface area contributed by atoms with Crippen molar-refractivity contribution in [2.24, 2.45) is 0 Å². The average molecular weight is 352 g/mol. The number of nitrogens with two attached hydrogens (primary N) is 1. The van der Waals surface area contributed by atoms with E-state index in [0.717, 1.165) is 11.5 Å². The van der Waals surface area contributed by atoms with Crippen LogP contribution in [0.25, 0.3) is 11.4 Å². The topological polar surface area (TPSA) is 120 Å². The number of nitrogens with zero attached hydrogens (tertiary/aromatic N) is 2. The van der Waals surface area contributed by atoms with Gasteiger partial charge in [-0.2, -0.15) is 4.98 Å². The fraction of sp³-hybridized carbons (Fsp3) is 0.143. The van der Waals surface area contributed by atoms with Crippen molar-refractivity contribution in [1.29, 1.82) is 0 Å². The largest absolute Gasteiger partial charge is 0.494 e. The highest BCUT2D eigenvalue weighted by Crippen LogP contribution is 2.34. The van der Waals surface area contributed by atoms with Gasteiger partial charge in [0.15, 0.2) is 5.75 Å². The van der Waals surface area contributed by atoms with Gasteiger partial charge in [0.2, 0.25) is 11.7 Å². The number of hydrogen-bond acceptors (Lipinski definition) is 7. The number of halogens is 1. The van der Waals surface area contributed by atoms with Crippen LogP contribution in [0.15, 0.2) is 39.9 Å². The first kappa shape index (κ1) is 16.0. The van der Waals surface area contributed by atoms with Crippen LogP contribution in [0, 0.1) is 5.82 Å². The molecule has 0 amide bonds. The van der Waals surface area contributed by atoms with E-state index in [1.54, 1.807) is 6.08 Å². The molecular formula is C14H13FN4O4S. The predicted octanol–water partition coefficient (Wildman–Crippen LogP) is 1.34. The molecule has 3 N–H and O–H groups in total. The van der Waals surface area contributed by atoms with Crippen molar-refractivity contribution in [3.05, 3.63) is 47.1 Å². The molecule has 10 heteroatoms. The number of ether oxygens (including phenoxy) is 1. The van der Waals surface area contributed by atoms with Crippen LogP contribution >= 0.6 is 0 Å². The highest BCUT2D eigenvalue weighted by molar-refractivity contribution is 7.92. The van der Waals surface area contributed by atoms with E-state index < -0.39 is 15.8 Å². The molecule has 2 heterocycles. The summed E-state index contributed by atoms with van der Waals surface area (Å²) in [4.78, 5) is 4.13. The third-order valence-corrected chi connectivity index (χ3v) is 4.23. The summed E-state index contributed by atoms with van der Waals surface area (Å²) < 4.78 is 49.1. The molecule has 0 spiro atoms. The second-order valence-electron chi connectivity index (χ2n) is 4.93. The first-order valence-corrected chi connectivity index (χ1v) is 8.28. The van der Waals surface area contributed by atoms with Crippen LogP contribution in [0.4, 0.5) is 10.1 Å². The molecule has 1 aromatic heterocycles. The lowest BCUT2D eigenvalue weighted by Gasteiger charge is -2.09. The van der Waals surface area contributed by atoms with Gasteiger partial charge in [-0.05, 0) is 18.2 Å². The molecule has 0 atom stereocenters. The van der Waals surface area contributed by atoms with Gasteiger partial charge in [-0.25, -0.2) is 12.8 Å². The van der Waals surface area contributed by atoms with Crippen LogP contribution in [-0.2, 0) is 16.4 Å².